The van der Waals surface area contributed by atoms with Crippen molar-refractivity contribution in [3.05, 3.63) is 34.6 Å². The van der Waals surface area contributed by atoms with E-state index in [-0.39, 0.29) is 16.4 Å². The molecule has 1 aromatic carbocycles. The maximum absolute atomic E-state index is 13.3. The molecule has 0 radical (unpaired) electrons. The Balaban J connectivity index is 1.99. The van der Waals surface area contributed by atoms with Crippen LogP contribution in [0.1, 0.15) is 52.0 Å². The van der Waals surface area contributed by atoms with Crippen LogP contribution >= 0.6 is 11.6 Å². The van der Waals surface area contributed by atoms with Gasteiger partial charge in [-0.05, 0) is 76.1 Å². The summed E-state index contributed by atoms with van der Waals surface area (Å²) in [6.45, 7) is 7.71. The van der Waals surface area contributed by atoms with Crippen molar-refractivity contribution in [2.75, 3.05) is 6.54 Å². The predicted octanol–water partition coefficient (Wildman–Crippen LogP) is 5.22. The third-order valence-electron chi connectivity index (χ3n) is 4.44. The zero-order chi connectivity index (χ0) is 15.5. The average molecular weight is 312 g/mol. The van der Waals surface area contributed by atoms with E-state index in [0.717, 1.165) is 18.5 Å². The Labute approximate surface area is 133 Å². The number of halogens is 2. The van der Waals surface area contributed by atoms with Gasteiger partial charge in [-0.1, -0.05) is 30.5 Å². The molecule has 0 bridgehead atoms. The largest absolute Gasteiger partial charge is 0.312 e. The first kappa shape index (κ1) is 16.8. The number of hydrogen-bond acceptors (Lipinski definition) is 1. The van der Waals surface area contributed by atoms with Gasteiger partial charge in [0.15, 0.2) is 0 Å². The summed E-state index contributed by atoms with van der Waals surface area (Å²) in [6.07, 6.45) is 6.22. The van der Waals surface area contributed by atoms with E-state index in [2.05, 4.69) is 26.1 Å². The van der Waals surface area contributed by atoms with Gasteiger partial charge in [0.2, 0.25) is 0 Å². The Kier molecular flexibility index (Phi) is 5.67. The first-order chi connectivity index (χ1) is 9.85. The standard InChI is InChI=1S/C18H27ClFN/c1-18(2,3)21-12-15-7-5-4-6-14(15)10-13-8-9-17(20)16(19)11-13/h8-9,11,14-15,21H,4-7,10,12H2,1-3H3. The quantitative estimate of drug-likeness (QED) is 0.804. The van der Waals surface area contributed by atoms with Gasteiger partial charge in [0.25, 0.3) is 0 Å². The fourth-order valence-corrected chi connectivity index (χ4v) is 3.43. The molecule has 1 aliphatic carbocycles. The van der Waals surface area contributed by atoms with Gasteiger partial charge in [0, 0.05) is 5.54 Å². The lowest BCUT2D eigenvalue weighted by molar-refractivity contribution is 0.213. The van der Waals surface area contributed by atoms with Crippen molar-refractivity contribution < 1.29 is 4.39 Å². The molecule has 3 heteroatoms. The molecule has 1 nitrogen and oxygen atoms in total. The molecule has 1 fully saturated rings. The van der Waals surface area contributed by atoms with Gasteiger partial charge in [-0.15, -0.1) is 0 Å². The van der Waals surface area contributed by atoms with E-state index in [0.29, 0.717) is 11.8 Å². The van der Waals surface area contributed by atoms with Crippen molar-refractivity contribution in [2.24, 2.45) is 11.8 Å². The van der Waals surface area contributed by atoms with E-state index in [4.69, 9.17) is 11.6 Å². The van der Waals surface area contributed by atoms with Crippen molar-refractivity contribution in [1.82, 2.24) is 5.32 Å². The third-order valence-corrected chi connectivity index (χ3v) is 4.73. The van der Waals surface area contributed by atoms with Crippen LogP contribution in [-0.2, 0) is 6.42 Å². The molecule has 0 saturated heterocycles. The van der Waals surface area contributed by atoms with Gasteiger partial charge in [0.1, 0.15) is 5.82 Å². The van der Waals surface area contributed by atoms with Crippen LogP contribution in [0.2, 0.25) is 5.02 Å². The average Bonchev–Trinajstić information content (AvgIpc) is 2.41. The molecule has 2 rings (SSSR count). The lowest BCUT2D eigenvalue weighted by Gasteiger charge is -2.34. The summed E-state index contributed by atoms with van der Waals surface area (Å²) < 4.78 is 13.3. The van der Waals surface area contributed by atoms with Crippen LogP contribution in [-0.4, -0.2) is 12.1 Å². The smallest absolute Gasteiger partial charge is 0.141 e. The normalized spacial score (nSPS) is 23.3. The van der Waals surface area contributed by atoms with Crippen LogP contribution in [0.25, 0.3) is 0 Å². The molecule has 0 aliphatic heterocycles. The predicted molar refractivity (Wildman–Crippen MR) is 88.3 cm³/mol. The van der Waals surface area contributed by atoms with Crippen LogP contribution in [0.4, 0.5) is 4.39 Å². The van der Waals surface area contributed by atoms with Crippen molar-refractivity contribution in [1.29, 1.82) is 0 Å². The SMILES string of the molecule is CC(C)(C)NCC1CCCCC1Cc1ccc(F)c(Cl)c1. The molecule has 0 aromatic heterocycles. The summed E-state index contributed by atoms with van der Waals surface area (Å²) >= 11 is 5.90. The molecular weight excluding hydrogens is 285 g/mol. The number of rotatable bonds is 4. The molecule has 1 saturated carbocycles. The van der Waals surface area contributed by atoms with Gasteiger partial charge >= 0.3 is 0 Å². The highest BCUT2D eigenvalue weighted by Gasteiger charge is 2.26. The lowest BCUT2D eigenvalue weighted by atomic mass is 9.76. The van der Waals surface area contributed by atoms with Crippen LogP contribution in [0.15, 0.2) is 18.2 Å². The van der Waals surface area contributed by atoms with Crippen molar-refractivity contribution in [3.63, 3.8) is 0 Å². The molecule has 0 amide bonds. The number of hydrogen-bond donors (Lipinski definition) is 1. The molecule has 1 aromatic rings. The second kappa shape index (κ2) is 7.11. The Hall–Kier alpha value is -0.600. The number of nitrogens with one attached hydrogen (secondary N) is 1. The Morgan fingerprint density at radius 3 is 2.48 bits per heavy atom. The van der Waals surface area contributed by atoms with Crippen LogP contribution in [0.5, 0.6) is 0 Å². The van der Waals surface area contributed by atoms with Gasteiger partial charge < -0.3 is 5.32 Å². The molecule has 2 atom stereocenters. The molecule has 21 heavy (non-hydrogen) atoms. The zero-order valence-electron chi connectivity index (χ0n) is 13.4. The second-order valence-corrected chi connectivity index (χ2v) is 7.80. The summed E-state index contributed by atoms with van der Waals surface area (Å²) in [7, 11) is 0. The summed E-state index contributed by atoms with van der Waals surface area (Å²) in [5, 5.41) is 3.88. The maximum Gasteiger partial charge on any atom is 0.141 e. The van der Waals surface area contributed by atoms with Crippen molar-refractivity contribution >= 4 is 11.6 Å². The Morgan fingerprint density at radius 1 is 1.19 bits per heavy atom. The highest BCUT2D eigenvalue weighted by molar-refractivity contribution is 6.30. The minimum absolute atomic E-state index is 0.168. The van der Waals surface area contributed by atoms with Gasteiger partial charge in [-0.2, -0.15) is 0 Å². The molecular formula is C18H27ClFN. The lowest BCUT2D eigenvalue weighted by Crippen LogP contribution is -2.41. The Morgan fingerprint density at radius 2 is 1.86 bits per heavy atom. The van der Waals surface area contributed by atoms with Crippen LogP contribution in [0.3, 0.4) is 0 Å². The summed E-state index contributed by atoms with van der Waals surface area (Å²) in [4.78, 5) is 0. The molecule has 1 N–H and O–H groups in total. The van der Waals surface area contributed by atoms with E-state index < -0.39 is 0 Å². The van der Waals surface area contributed by atoms with Crippen molar-refractivity contribution in [3.8, 4) is 0 Å². The van der Waals surface area contributed by atoms with E-state index in [1.54, 1.807) is 6.07 Å². The highest BCUT2D eigenvalue weighted by Crippen LogP contribution is 2.33. The fourth-order valence-electron chi connectivity index (χ4n) is 3.23. The van der Waals surface area contributed by atoms with Gasteiger partial charge in [0.05, 0.1) is 5.02 Å². The molecule has 0 spiro atoms. The topological polar surface area (TPSA) is 12.0 Å². The van der Waals surface area contributed by atoms with Gasteiger partial charge in [-0.3, -0.25) is 0 Å². The van der Waals surface area contributed by atoms with Crippen molar-refractivity contribution in [2.45, 2.75) is 58.4 Å². The minimum atomic E-state index is -0.324. The van der Waals surface area contributed by atoms with Crippen LogP contribution < -0.4 is 5.32 Å². The first-order valence-electron chi connectivity index (χ1n) is 8.04. The summed E-state index contributed by atoms with van der Waals surface area (Å²) in [5.41, 5.74) is 1.33. The van der Waals surface area contributed by atoms with Crippen LogP contribution in [0, 0.1) is 17.7 Å². The molecule has 118 valence electrons. The molecule has 0 heterocycles. The monoisotopic (exact) mass is 311 g/mol. The molecule has 2 unspecified atom stereocenters. The summed E-state index contributed by atoms with van der Waals surface area (Å²) in [6, 6.07) is 5.16. The van der Waals surface area contributed by atoms with E-state index in [9.17, 15) is 4.39 Å². The first-order valence-corrected chi connectivity index (χ1v) is 8.42. The number of benzene rings is 1. The minimum Gasteiger partial charge on any atom is -0.312 e. The highest BCUT2D eigenvalue weighted by atomic mass is 35.5. The van der Waals surface area contributed by atoms with Gasteiger partial charge in [-0.25, -0.2) is 4.39 Å². The maximum atomic E-state index is 13.3. The third kappa shape index (κ3) is 5.27. The fraction of sp³-hybridized carbons (Fsp3) is 0.667. The zero-order valence-corrected chi connectivity index (χ0v) is 14.1. The van der Waals surface area contributed by atoms with E-state index in [1.165, 1.54) is 31.7 Å². The second-order valence-electron chi connectivity index (χ2n) is 7.39. The summed E-state index contributed by atoms with van der Waals surface area (Å²) in [5.74, 6) is 1.06. The Bertz CT molecular complexity index is 467. The molecule has 1 aliphatic rings. The van der Waals surface area contributed by atoms with E-state index in [1.807, 2.05) is 6.07 Å². The van der Waals surface area contributed by atoms with E-state index >= 15 is 0 Å².